The van der Waals surface area contributed by atoms with Crippen LogP contribution in [0.5, 0.6) is 0 Å². The van der Waals surface area contributed by atoms with Crippen LogP contribution in [0.4, 0.5) is 0 Å². The average molecular weight is 454 g/mol. The van der Waals surface area contributed by atoms with Crippen molar-refractivity contribution in [3.63, 3.8) is 0 Å². The van der Waals surface area contributed by atoms with Crippen LogP contribution in [0.1, 0.15) is 84.3 Å². The van der Waals surface area contributed by atoms with Crippen LogP contribution in [-0.4, -0.2) is 33.7 Å². The number of rotatable bonds is 6. The van der Waals surface area contributed by atoms with Gasteiger partial charge in [-0.25, -0.2) is 0 Å². The zero-order valence-electron chi connectivity index (χ0n) is 20.9. The van der Waals surface area contributed by atoms with Gasteiger partial charge < -0.3 is 9.84 Å². The van der Waals surface area contributed by atoms with Crippen LogP contribution in [0, 0.1) is 58.2 Å². The molecule has 0 aromatic carbocycles. The summed E-state index contributed by atoms with van der Waals surface area (Å²) in [4.78, 5) is 0. The lowest BCUT2D eigenvalue weighted by molar-refractivity contribution is -0.129. The highest BCUT2D eigenvalue weighted by Crippen LogP contribution is 2.65. The molecule has 0 saturated heterocycles. The molecule has 4 aliphatic rings. The van der Waals surface area contributed by atoms with Crippen molar-refractivity contribution in [2.24, 2.45) is 46.8 Å². The lowest BCUT2D eigenvalue weighted by Gasteiger charge is -2.57. The van der Waals surface area contributed by atoms with Crippen molar-refractivity contribution < 1.29 is 9.84 Å². The molecule has 9 atom stereocenters. The van der Waals surface area contributed by atoms with E-state index in [4.69, 9.17) is 10.00 Å². The Hall–Kier alpha value is -1.38. The van der Waals surface area contributed by atoms with E-state index in [2.05, 4.69) is 25.0 Å². The average Bonchev–Trinajstić information content (AvgIpc) is 3.40. The van der Waals surface area contributed by atoms with E-state index in [0.29, 0.717) is 36.2 Å². The molecular formula is C28H43N3O2. The maximum absolute atomic E-state index is 11.1. The molecule has 182 valence electrons. The van der Waals surface area contributed by atoms with Crippen molar-refractivity contribution in [2.75, 3.05) is 13.2 Å². The van der Waals surface area contributed by atoms with Crippen LogP contribution in [-0.2, 0) is 11.3 Å². The first-order valence-electron chi connectivity index (χ1n) is 13.6. The Morgan fingerprint density at radius 2 is 2.00 bits per heavy atom. The monoisotopic (exact) mass is 453 g/mol. The van der Waals surface area contributed by atoms with Crippen LogP contribution < -0.4 is 0 Å². The summed E-state index contributed by atoms with van der Waals surface area (Å²) in [5.74, 6) is 5.47. The molecule has 1 aromatic heterocycles. The van der Waals surface area contributed by atoms with E-state index in [1.807, 2.05) is 23.9 Å². The third-order valence-electron chi connectivity index (χ3n) is 10.7. The minimum atomic E-state index is -0.584. The Kier molecular flexibility index (Phi) is 6.38. The Labute approximate surface area is 199 Å². The highest BCUT2D eigenvalue weighted by Gasteiger charge is 2.58. The SMILES string of the molecule is CCOC[C@@]1(O)CC[C@H]2[C@H](CC[C@@H]3[C@@H]2CC[C@]2(C)[C@@H]([C@H](C)Cn4ccc(C#N)n4)CC[C@@H]32)C1. The zero-order valence-corrected chi connectivity index (χ0v) is 20.9. The second-order valence-electron chi connectivity index (χ2n) is 12.3. The zero-order chi connectivity index (χ0) is 23.2. The molecule has 5 rings (SSSR count). The van der Waals surface area contributed by atoms with Crippen molar-refractivity contribution in [3.05, 3.63) is 18.0 Å². The Morgan fingerprint density at radius 1 is 1.18 bits per heavy atom. The van der Waals surface area contributed by atoms with E-state index in [9.17, 15) is 5.11 Å². The van der Waals surface area contributed by atoms with E-state index in [0.717, 1.165) is 49.0 Å². The quantitative estimate of drug-likeness (QED) is 0.624. The van der Waals surface area contributed by atoms with Gasteiger partial charge >= 0.3 is 0 Å². The standard InChI is InChI=1S/C28H43N3O2/c1-4-33-18-28(32)13-10-22-20(15-28)5-6-24-23(22)9-12-27(3)25(7-8-26(24)27)19(2)17-31-14-11-21(16-29)30-31/h11,14,19-20,22-26,32H,4-10,12-13,15,17-18H2,1-3H3/t19-,20-,22+,23-,24-,25-,26+,27-,28-/m1/s1. The first kappa shape index (κ1) is 23.4. The summed E-state index contributed by atoms with van der Waals surface area (Å²) in [5.41, 5.74) is 0.387. The van der Waals surface area contributed by atoms with Crippen molar-refractivity contribution in [3.8, 4) is 6.07 Å². The number of nitriles is 1. The molecule has 5 heteroatoms. The van der Waals surface area contributed by atoms with Gasteiger partial charge in [0.05, 0.1) is 12.2 Å². The minimum Gasteiger partial charge on any atom is -0.387 e. The van der Waals surface area contributed by atoms with Crippen LogP contribution in [0.15, 0.2) is 12.3 Å². The van der Waals surface area contributed by atoms with Gasteiger partial charge in [0, 0.05) is 19.3 Å². The summed E-state index contributed by atoms with van der Waals surface area (Å²) in [7, 11) is 0. The largest absolute Gasteiger partial charge is 0.387 e. The van der Waals surface area contributed by atoms with Crippen LogP contribution in [0.25, 0.3) is 0 Å². The second kappa shape index (κ2) is 9.00. The molecule has 5 nitrogen and oxygen atoms in total. The summed E-state index contributed by atoms with van der Waals surface area (Å²) in [6.45, 7) is 9.18. The molecule has 0 amide bonds. The van der Waals surface area contributed by atoms with Gasteiger partial charge in [0.25, 0.3) is 0 Å². The van der Waals surface area contributed by atoms with Gasteiger partial charge in [-0.2, -0.15) is 10.4 Å². The summed E-state index contributed by atoms with van der Waals surface area (Å²) < 4.78 is 7.63. The van der Waals surface area contributed by atoms with Gasteiger partial charge in [0.2, 0.25) is 0 Å². The lowest BCUT2D eigenvalue weighted by atomic mass is 9.48. The third kappa shape index (κ3) is 4.16. The predicted octanol–water partition coefficient (Wildman–Crippen LogP) is 5.43. The van der Waals surface area contributed by atoms with E-state index in [1.165, 1.54) is 44.9 Å². The molecule has 1 N–H and O–H groups in total. The fourth-order valence-corrected chi connectivity index (χ4v) is 9.31. The summed E-state index contributed by atoms with van der Waals surface area (Å²) >= 11 is 0. The molecule has 0 radical (unpaired) electrons. The maximum Gasteiger partial charge on any atom is 0.162 e. The number of fused-ring (bicyclic) bond motifs is 5. The fourth-order valence-electron chi connectivity index (χ4n) is 9.31. The topological polar surface area (TPSA) is 71.1 Å². The molecule has 0 bridgehead atoms. The normalized spacial score (nSPS) is 43.2. The molecular weight excluding hydrogens is 410 g/mol. The van der Waals surface area contributed by atoms with Crippen LogP contribution in [0.2, 0.25) is 0 Å². The minimum absolute atomic E-state index is 0.447. The lowest BCUT2D eigenvalue weighted by Crippen LogP contribution is -2.52. The highest BCUT2D eigenvalue weighted by molar-refractivity contribution is 5.16. The van der Waals surface area contributed by atoms with Gasteiger partial charge in [0.1, 0.15) is 6.07 Å². The molecule has 0 aliphatic heterocycles. The maximum atomic E-state index is 11.1. The molecule has 33 heavy (non-hydrogen) atoms. The van der Waals surface area contributed by atoms with Crippen molar-refractivity contribution in [1.82, 2.24) is 9.78 Å². The van der Waals surface area contributed by atoms with E-state index in [-0.39, 0.29) is 0 Å². The Balaban J connectivity index is 1.26. The molecule has 0 spiro atoms. The van der Waals surface area contributed by atoms with Crippen LogP contribution >= 0.6 is 0 Å². The highest BCUT2D eigenvalue weighted by atomic mass is 16.5. The van der Waals surface area contributed by atoms with Gasteiger partial charge in [0.15, 0.2) is 5.69 Å². The summed E-state index contributed by atoms with van der Waals surface area (Å²) in [6.07, 6.45) is 13.2. The summed E-state index contributed by atoms with van der Waals surface area (Å²) in [5, 5.41) is 24.7. The number of nitrogens with zero attached hydrogens (tertiary/aromatic N) is 3. The molecule has 1 heterocycles. The van der Waals surface area contributed by atoms with Gasteiger partial charge in [-0.3, -0.25) is 4.68 Å². The first-order valence-corrected chi connectivity index (χ1v) is 13.6. The Morgan fingerprint density at radius 3 is 2.76 bits per heavy atom. The molecule has 4 fully saturated rings. The predicted molar refractivity (Wildman–Crippen MR) is 128 cm³/mol. The number of hydrogen-bond donors (Lipinski definition) is 1. The fraction of sp³-hybridized carbons (Fsp3) is 0.857. The van der Waals surface area contributed by atoms with Crippen molar-refractivity contribution in [1.29, 1.82) is 5.26 Å². The van der Waals surface area contributed by atoms with Gasteiger partial charge in [-0.15, -0.1) is 0 Å². The van der Waals surface area contributed by atoms with E-state index >= 15 is 0 Å². The second-order valence-corrected chi connectivity index (χ2v) is 12.3. The summed E-state index contributed by atoms with van der Waals surface area (Å²) in [6, 6.07) is 3.99. The third-order valence-corrected chi connectivity index (χ3v) is 10.7. The molecule has 4 saturated carbocycles. The van der Waals surface area contributed by atoms with Crippen molar-refractivity contribution in [2.45, 2.75) is 90.7 Å². The first-order chi connectivity index (χ1) is 15.9. The molecule has 0 unspecified atom stereocenters. The number of aliphatic hydroxyl groups is 1. The van der Waals surface area contributed by atoms with Gasteiger partial charge in [-0.05, 0) is 118 Å². The smallest absolute Gasteiger partial charge is 0.162 e. The van der Waals surface area contributed by atoms with E-state index < -0.39 is 5.60 Å². The molecule has 1 aromatic rings. The van der Waals surface area contributed by atoms with Crippen LogP contribution in [0.3, 0.4) is 0 Å². The molecule has 4 aliphatic carbocycles. The van der Waals surface area contributed by atoms with Gasteiger partial charge in [-0.1, -0.05) is 13.8 Å². The van der Waals surface area contributed by atoms with Crippen molar-refractivity contribution >= 4 is 0 Å². The van der Waals surface area contributed by atoms with E-state index in [1.54, 1.807) is 0 Å². The Bertz CT molecular complexity index is 877. The number of ether oxygens (including phenoxy) is 1. The number of hydrogen-bond acceptors (Lipinski definition) is 4. The number of aromatic nitrogens is 2.